The first-order valence-corrected chi connectivity index (χ1v) is 6.38. The Bertz CT molecular complexity index is 646. The van der Waals surface area contributed by atoms with Crippen LogP contribution in [0.4, 0.5) is 22.7 Å². The minimum atomic E-state index is -0.470. The Kier molecular flexibility index (Phi) is 4.57. The van der Waals surface area contributed by atoms with Gasteiger partial charge in [-0.05, 0) is 25.1 Å². The highest BCUT2D eigenvalue weighted by molar-refractivity contribution is 5.69. The van der Waals surface area contributed by atoms with Gasteiger partial charge in [-0.25, -0.2) is 0 Å². The van der Waals surface area contributed by atoms with Gasteiger partial charge in [-0.15, -0.1) is 0 Å². The average Bonchev–Trinajstić information content (AvgIpc) is 2.47. The highest BCUT2D eigenvalue weighted by Crippen LogP contribution is 2.27. The Balaban J connectivity index is 2.28. The van der Waals surface area contributed by atoms with Crippen molar-refractivity contribution in [2.45, 2.75) is 6.92 Å². The number of nitro benzene ring substituents is 1. The molecule has 7 nitrogen and oxygen atoms in total. The van der Waals surface area contributed by atoms with Crippen LogP contribution in [-0.2, 0) is 0 Å². The number of nitrogens with two attached hydrogens (primary N) is 1. The molecule has 7 heteroatoms. The summed E-state index contributed by atoms with van der Waals surface area (Å²) in [6, 6.07) is 11.8. The lowest BCUT2D eigenvalue weighted by molar-refractivity contribution is -0.384. The third kappa shape index (κ3) is 3.83. The highest BCUT2D eigenvalue weighted by atomic mass is 16.6. The van der Waals surface area contributed by atoms with Crippen LogP contribution in [0.25, 0.3) is 0 Å². The summed E-state index contributed by atoms with van der Waals surface area (Å²) >= 11 is 0. The second-order valence-electron chi connectivity index (χ2n) is 4.26. The van der Waals surface area contributed by atoms with Gasteiger partial charge in [0.1, 0.15) is 5.75 Å². The number of hydrogen-bond donors (Lipinski definition) is 3. The summed E-state index contributed by atoms with van der Waals surface area (Å²) in [5, 5.41) is 14.0. The van der Waals surface area contributed by atoms with Crippen LogP contribution in [0.15, 0.2) is 42.5 Å². The Morgan fingerprint density at radius 3 is 2.62 bits per heavy atom. The normalized spacial score (nSPS) is 10.0. The van der Waals surface area contributed by atoms with Crippen LogP contribution in [0.5, 0.6) is 5.75 Å². The van der Waals surface area contributed by atoms with Gasteiger partial charge in [0.15, 0.2) is 0 Å². The first-order chi connectivity index (χ1) is 10.1. The fraction of sp³-hybridized carbons (Fsp3) is 0.143. The molecule has 0 bridgehead atoms. The van der Waals surface area contributed by atoms with Gasteiger partial charge in [0.25, 0.3) is 5.69 Å². The second-order valence-corrected chi connectivity index (χ2v) is 4.26. The number of rotatable bonds is 6. The van der Waals surface area contributed by atoms with E-state index in [-0.39, 0.29) is 5.69 Å². The van der Waals surface area contributed by atoms with Crippen LogP contribution in [0.2, 0.25) is 0 Å². The van der Waals surface area contributed by atoms with E-state index in [0.29, 0.717) is 18.0 Å². The first kappa shape index (κ1) is 14.6. The molecule has 0 heterocycles. The third-order valence-electron chi connectivity index (χ3n) is 2.73. The zero-order valence-electron chi connectivity index (χ0n) is 11.5. The molecule has 0 saturated heterocycles. The van der Waals surface area contributed by atoms with Crippen molar-refractivity contribution in [3.8, 4) is 5.75 Å². The van der Waals surface area contributed by atoms with Gasteiger partial charge in [-0.3, -0.25) is 16.0 Å². The average molecular weight is 288 g/mol. The van der Waals surface area contributed by atoms with Crippen LogP contribution in [0.3, 0.4) is 0 Å². The summed E-state index contributed by atoms with van der Waals surface area (Å²) in [6.07, 6.45) is 0. The standard InChI is InChI=1S/C14H16N4O3/c1-2-21-14-5-3-4-10(9-14)16-11-6-12(17-15)8-13(7-11)18(19)20/h3-9,16-17H,2,15H2,1H3. The van der Waals surface area contributed by atoms with Crippen molar-refractivity contribution in [3.63, 3.8) is 0 Å². The number of nitrogens with one attached hydrogen (secondary N) is 2. The quantitative estimate of drug-likeness (QED) is 0.429. The molecule has 21 heavy (non-hydrogen) atoms. The lowest BCUT2D eigenvalue weighted by Gasteiger charge is -2.10. The molecule has 0 radical (unpaired) electrons. The Morgan fingerprint density at radius 1 is 1.19 bits per heavy atom. The number of nitrogens with zero attached hydrogens (tertiary/aromatic N) is 1. The van der Waals surface area contributed by atoms with Gasteiger partial charge in [-0.2, -0.15) is 0 Å². The van der Waals surface area contributed by atoms with Crippen molar-refractivity contribution in [1.29, 1.82) is 0 Å². The smallest absolute Gasteiger partial charge is 0.273 e. The molecule has 0 aromatic heterocycles. The van der Waals surface area contributed by atoms with E-state index in [1.165, 1.54) is 12.1 Å². The SMILES string of the molecule is CCOc1cccc(Nc2cc(NN)cc([N+](=O)[O-])c2)c1. The Labute approximate surface area is 121 Å². The Hall–Kier alpha value is -2.80. The topological polar surface area (TPSA) is 102 Å². The minimum absolute atomic E-state index is 0.0473. The van der Waals surface area contributed by atoms with Crippen LogP contribution in [0.1, 0.15) is 6.92 Å². The molecule has 0 aliphatic heterocycles. The maximum atomic E-state index is 10.9. The number of non-ortho nitro benzene ring substituents is 1. The molecule has 0 aliphatic carbocycles. The fourth-order valence-electron chi connectivity index (χ4n) is 1.87. The number of hydrazine groups is 1. The largest absolute Gasteiger partial charge is 0.494 e. The Morgan fingerprint density at radius 2 is 1.95 bits per heavy atom. The van der Waals surface area contributed by atoms with E-state index < -0.39 is 4.92 Å². The van der Waals surface area contributed by atoms with Crippen molar-refractivity contribution >= 4 is 22.7 Å². The molecule has 0 aliphatic rings. The van der Waals surface area contributed by atoms with Gasteiger partial charge in [0.05, 0.1) is 17.2 Å². The first-order valence-electron chi connectivity index (χ1n) is 6.38. The molecule has 0 fully saturated rings. The molecule has 0 spiro atoms. The number of nitro groups is 1. The van der Waals surface area contributed by atoms with E-state index >= 15 is 0 Å². The van der Waals surface area contributed by atoms with Crippen LogP contribution < -0.4 is 21.3 Å². The van der Waals surface area contributed by atoms with Gasteiger partial charge >= 0.3 is 0 Å². The zero-order valence-corrected chi connectivity index (χ0v) is 11.5. The maximum absolute atomic E-state index is 10.9. The van der Waals surface area contributed by atoms with Gasteiger partial charge in [-0.1, -0.05) is 6.07 Å². The molecule has 0 saturated carbocycles. The molecule has 0 unspecified atom stereocenters. The molecule has 110 valence electrons. The zero-order chi connectivity index (χ0) is 15.2. The fourth-order valence-corrected chi connectivity index (χ4v) is 1.87. The lowest BCUT2D eigenvalue weighted by atomic mass is 10.2. The van der Waals surface area contributed by atoms with E-state index in [2.05, 4.69) is 10.7 Å². The van der Waals surface area contributed by atoms with E-state index in [1.54, 1.807) is 6.07 Å². The van der Waals surface area contributed by atoms with Crippen molar-refractivity contribution in [1.82, 2.24) is 0 Å². The van der Waals surface area contributed by atoms with Crippen molar-refractivity contribution in [2.24, 2.45) is 5.84 Å². The molecular formula is C14H16N4O3. The molecule has 0 amide bonds. The number of nitrogen functional groups attached to an aromatic ring is 1. The predicted octanol–water partition coefficient (Wildman–Crippen LogP) is 3.02. The van der Waals surface area contributed by atoms with Gasteiger partial charge in [0.2, 0.25) is 0 Å². The number of hydrogen-bond acceptors (Lipinski definition) is 6. The van der Waals surface area contributed by atoms with Crippen molar-refractivity contribution < 1.29 is 9.66 Å². The monoisotopic (exact) mass is 288 g/mol. The molecule has 4 N–H and O–H groups in total. The maximum Gasteiger partial charge on any atom is 0.273 e. The summed E-state index contributed by atoms with van der Waals surface area (Å²) < 4.78 is 5.41. The van der Waals surface area contributed by atoms with E-state index in [4.69, 9.17) is 10.6 Å². The van der Waals surface area contributed by atoms with Crippen molar-refractivity contribution in [2.75, 3.05) is 17.3 Å². The van der Waals surface area contributed by atoms with Gasteiger partial charge < -0.3 is 15.5 Å². The number of ether oxygens (including phenoxy) is 1. The summed E-state index contributed by atoms with van der Waals surface area (Å²) in [5.41, 5.74) is 4.14. The van der Waals surface area contributed by atoms with Crippen LogP contribution in [0, 0.1) is 10.1 Å². The summed E-state index contributed by atoms with van der Waals surface area (Å²) in [6.45, 7) is 2.47. The second kappa shape index (κ2) is 6.58. The van der Waals surface area contributed by atoms with Crippen LogP contribution >= 0.6 is 0 Å². The minimum Gasteiger partial charge on any atom is -0.494 e. The van der Waals surface area contributed by atoms with Crippen molar-refractivity contribution in [3.05, 3.63) is 52.6 Å². The number of anilines is 3. The van der Waals surface area contributed by atoms with Crippen LogP contribution in [-0.4, -0.2) is 11.5 Å². The summed E-state index contributed by atoms with van der Waals surface area (Å²) in [7, 11) is 0. The summed E-state index contributed by atoms with van der Waals surface area (Å²) in [4.78, 5) is 10.4. The van der Waals surface area contributed by atoms with E-state index in [1.807, 2.05) is 31.2 Å². The third-order valence-corrected chi connectivity index (χ3v) is 2.73. The molecular weight excluding hydrogens is 272 g/mol. The van der Waals surface area contributed by atoms with E-state index in [0.717, 1.165) is 11.4 Å². The molecule has 2 aromatic rings. The predicted molar refractivity (Wildman–Crippen MR) is 81.8 cm³/mol. The highest BCUT2D eigenvalue weighted by Gasteiger charge is 2.09. The molecule has 0 atom stereocenters. The van der Waals surface area contributed by atoms with Gasteiger partial charge in [0, 0.05) is 29.6 Å². The molecule has 2 rings (SSSR count). The van der Waals surface area contributed by atoms with E-state index in [9.17, 15) is 10.1 Å². The summed E-state index contributed by atoms with van der Waals surface area (Å²) in [5.74, 6) is 6.05. The molecule has 2 aromatic carbocycles. The number of benzene rings is 2. The lowest BCUT2D eigenvalue weighted by Crippen LogP contribution is -2.07.